The molecule has 4 aromatic rings. The number of hydrogen-bond donors (Lipinski definition) is 0. The predicted octanol–water partition coefficient (Wildman–Crippen LogP) is 5.40. The third-order valence-electron chi connectivity index (χ3n) is 8.17. The van der Waals surface area contributed by atoms with Crippen LogP contribution in [0.1, 0.15) is 41.3 Å². The van der Waals surface area contributed by atoms with Gasteiger partial charge in [0.05, 0.1) is 19.0 Å². The molecule has 0 N–H and O–H groups in total. The second-order valence-corrected chi connectivity index (χ2v) is 10.8. The number of fused-ring (bicyclic) bond motifs is 1. The molecule has 1 spiro atoms. The number of methoxy groups -OCH3 is 1. The Bertz CT molecular complexity index is 1390. The number of ketones is 1. The lowest BCUT2D eigenvalue weighted by atomic mass is 9.72. The van der Waals surface area contributed by atoms with Crippen LogP contribution < -0.4 is 9.64 Å². The van der Waals surface area contributed by atoms with Crippen LogP contribution in [0.4, 0.5) is 5.69 Å². The quantitative estimate of drug-likeness (QED) is 0.322. The van der Waals surface area contributed by atoms with Crippen LogP contribution in [0.3, 0.4) is 0 Å². The highest BCUT2D eigenvalue weighted by molar-refractivity contribution is 5.94. The highest BCUT2D eigenvalue weighted by atomic mass is 16.5. The van der Waals surface area contributed by atoms with Crippen molar-refractivity contribution >= 4 is 22.5 Å². The summed E-state index contributed by atoms with van der Waals surface area (Å²) >= 11 is 0. The van der Waals surface area contributed by atoms with Crippen LogP contribution in [0.5, 0.6) is 5.75 Å². The third kappa shape index (κ3) is 4.86. The van der Waals surface area contributed by atoms with Gasteiger partial charge in [0.1, 0.15) is 11.4 Å². The molecule has 0 aliphatic carbocycles. The van der Waals surface area contributed by atoms with Gasteiger partial charge in [-0.3, -0.25) is 9.69 Å². The van der Waals surface area contributed by atoms with Crippen LogP contribution in [0.25, 0.3) is 11.0 Å². The summed E-state index contributed by atoms with van der Waals surface area (Å²) < 4.78 is 7.46. The molecule has 0 bridgehead atoms. The topological polar surface area (TPSA) is 50.6 Å². The first-order chi connectivity index (χ1) is 18.0. The van der Waals surface area contributed by atoms with Gasteiger partial charge in [0, 0.05) is 56.4 Å². The third-order valence-corrected chi connectivity index (χ3v) is 8.17. The number of Topliss-reactive ketones (excluding diaryl/α,β-unsaturated/α-hetero) is 1. The van der Waals surface area contributed by atoms with Crippen molar-refractivity contribution in [1.29, 1.82) is 0 Å². The van der Waals surface area contributed by atoms with Crippen molar-refractivity contribution < 1.29 is 9.53 Å². The normalized spacial score (nSPS) is 17.2. The Hall–Kier alpha value is -3.64. The van der Waals surface area contributed by atoms with E-state index in [0.717, 1.165) is 48.7 Å². The molecule has 0 atom stereocenters. The van der Waals surface area contributed by atoms with Gasteiger partial charge in [-0.1, -0.05) is 36.4 Å². The Morgan fingerprint density at radius 2 is 1.62 bits per heavy atom. The van der Waals surface area contributed by atoms with Crippen molar-refractivity contribution in [2.75, 3.05) is 38.2 Å². The molecule has 0 unspecified atom stereocenters. The second kappa shape index (κ2) is 9.67. The Kier molecular flexibility index (Phi) is 6.21. The number of carbonyl (C=O) groups excluding carboxylic acids is 1. The van der Waals surface area contributed by atoms with E-state index in [-0.39, 0.29) is 5.78 Å². The summed E-state index contributed by atoms with van der Waals surface area (Å²) in [6.45, 7) is 7.94. The minimum Gasteiger partial charge on any atom is -0.497 e. The van der Waals surface area contributed by atoms with E-state index in [1.165, 1.54) is 42.6 Å². The average molecular weight is 495 g/mol. The number of hydrogen-bond acceptors (Lipinski definition) is 5. The number of pyridine rings is 1. The summed E-state index contributed by atoms with van der Waals surface area (Å²) in [4.78, 5) is 21.5. The zero-order valence-electron chi connectivity index (χ0n) is 21.7. The van der Waals surface area contributed by atoms with Gasteiger partial charge in [0.25, 0.3) is 0 Å². The lowest BCUT2D eigenvalue weighted by Gasteiger charge is -2.54. The molecule has 2 fully saturated rings. The summed E-state index contributed by atoms with van der Waals surface area (Å²) in [5, 5.41) is 1.17. The van der Waals surface area contributed by atoms with Crippen molar-refractivity contribution in [2.45, 2.75) is 32.9 Å². The average Bonchev–Trinajstić information content (AvgIpc) is 3.31. The van der Waals surface area contributed by atoms with E-state index in [2.05, 4.69) is 57.0 Å². The smallest absolute Gasteiger partial charge is 0.159 e. The monoisotopic (exact) mass is 494 g/mol. The molecule has 190 valence electrons. The van der Waals surface area contributed by atoms with Gasteiger partial charge < -0.3 is 14.2 Å². The van der Waals surface area contributed by atoms with E-state index in [1.807, 2.05) is 30.5 Å². The largest absolute Gasteiger partial charge is 0.497 e. The number of rotatable bonds is 7. The maximum atomic E-state index is 11.5. The summed E-state index contributed by atoms with van der Waals surface area (Å²) in [6.07, 6.45) is 6.62. The fourth-order valence-electron chi connectivity index (χ4n) is 5.97. The van der Waals surface area contributed by atoms with E-state index in [4.69, 9.17) is 9.72 Å². The minimum absolute atomic E-state index is 0.0963. The highest BCUT2D eigenvalue weighted by Gasteiger charge is 2.44. The van der Waals surface area contributed by atoms with E-state index in [9.17, 15) is 4.79 Å². The van der Waals surface area contributed by atoms with Crippen molar-refractivity contribution in [2.24, 2.45) is 5.41 Å². The number of piperidine rings is 1. The van der Waals surface area contributed by atoms with E-state index < -0.39 is 0 Å². The lowest BCUT2D eigenvalue weighted by Crippen LogP contribution is -2.59. The van der Waals surface area contributed by atoms with Gasteiger partial charge in [-0.15, -0.1) is 0 Å². The van der Waals surface area contributed by atoms with Gasteiger partial charge >= 0.3 is 0 Å². The molecule has 0 saturated carbocycles. The van der Waals surface area contributed by atoms with Gasteiger partial charge in [-0.25, -0.2) is 4.98 Å². The maximum absolute atomic E-state index is 11.5. The Balaban J connectivity index is 1.05. The zero-order chi connectivity index (χ0) is 25.4. The molecule has 2 aliphatic heterocycles. The van der Waals surface area contributed by atoms with Crippen molar-refractivity contribution in [3.8, 4) is 5.75 Å². The SMILES string of the molecule is COc1ccc(CN2CC3(CCN(c4cnc5c(ccn5Cc5ccc(C(C)=O)cc5)c4)CC3)C2)cc1. The minimum atomic E-state index is 0.0963. The maximum Gasteiger partial charge on any atom is 0.159 e. The molecule has 2 aliphatic rings. The summed E-state index contributed by atoms with van der Waals surface area (Å²) in [5.41, 5.74) is 5.96. The number of ether oxygens (including phenoxy) is 1. The highest BCUT2D eigenvalue weighted by Crippen LogP contribution is 2.42. The lowest BCUT2D eigenvalue weighted by molar-refractivity contribution is -0.0240. The first-order valence-corrected chi connectivity index (χ1v) is 13.2. The Morgan fingerprint density at radius 1 is 0.946 bits per heavy atom. The molecular formula is C31H34N4O2. The molecular weight excluding hydrogens is 460 g/mol. The van der Waals surface area contributed by atoms with Crippen LogP contribution in [-0.2, 0) is 13.1 Å². The second-order valence-electron chi connectivity index (χ2n) is 10.8. The number of likely N-dealkylation sites (tertiary alicyclic amines) is 1. The molecule has 6 nitrogen and oxygen atoms in total. The molecule has 37 heavy (non-hydrogen) atoms. The van der Waals surface area contributed by atoms with E-state index >= 15 is 0 Å². The number of nitrogens with zero attached hydrogens (tertiary/aromatic N) is 4. The molecule has 2 aromatic carbocycles. The van der Waals surface area contributed by atoms with Gasteiger partial charge in [0.2, 0.25) is 0 Å². The zero-order valence-corrected chi connectivity index (χ0v) is 21.7. The first-order valence-electron chi connectivity index (χ1n) is 13.2. The number of carbonyl (C=O) groups is 1. The van der Waals surface area contributed by atoms with E-state index in [0.29, 0.717) is 5.41 Å². The fraction of sp³-hybridized carbons (Fsp3) is 0.355. The summed E-state index contributed by atoms with van der Waals surface area (Å²) in [6, 6.07) is 20.7. The molecule has 2 saturated heterocycles. The standard InChI is InChI=1S/C31H34N4O2/c1-23(36)26-7-3-25(4-8-26)20-35-14-11-27-17-28(18-32-30(27)35)34-15-12-31(13-16-34)21-33(22-31)19-24-5-9-29(37-2)10-6-24/h3-11,14,17-18H,12-13,15-16,19-22H2,1-2H3. The van der Waals surface area contributed by atoms with Crippen LogP contribution in [0, 0.1) is 5.41 Å². The van der Waals surface area contributed by atoms with Crippen molar-refractivity contribution in [1.82, 2.24) is 14.5 Å². The van der Waals surface area contributed by atoms with Crippen LogP contribution in [-0.4, -0.2) is 53.5 Å². The first kappa shape index (κ1) is 23.7. The van der Waals surface area contributed by atoms with Crippen molar-refractivity contribution in [3.63, 3.8) is 0 Å². The summed E-state index contributed by atoms with van der Waals surface area (Å²) in [5.74, 6) is 1.01. The Labute approximate surface area is 218 Å². The van der Waals surface area contributed by atoms with Crippen molar-refractivity contribution in [3.05, 3.63) is 89.7 Å². The molecule has 6 rings (SSSR count). The van der Waals surface area contributed by atoms with Gasteiger partial charge in [-0.2, -0.15) is 0 Å². The Morgan fingerprint density at radius 3 is 2.30 bits per heavy atom. The molecule has 0 amide bonds. The van der Waals surface area contributed by atoms with Crippen LogP contribution in [0.2, 0.25) is 0 Å². The number of aromatic nitrogens is 2. The molecule has 4 heterocycles. The van der Waals surface area contributed by atoms with Crippen LogP contribution in [0.15, 0.2) is 73.1 Å². The number of anilines is 1. The van der Waals surface area contributed by atoms with E-state index in [1.54, 1.807) is 14.0 Å². The summed E-state index contributed by atoms with van der Waals surface area (Å²) in [7, 11) is 1.71. The molecule has 0 radical (unpaired) electrons. The molecule has 2 aromatic heterocycles. The fourth-order valence-corrected chi connectivity index (χ4v) is 5.97. The van der Waals surface area contributed by atoms with Gasteiger partial charge in [-0.05, 0) is 60.6 Å². The molecule has 6 heteroatoms. The van der Waals surface area contributed by atoms with Crippen LogP contribution >= 0.6 is 0 Å². The van der Waals surface area contributed by atoms with Gasteiger partial charge in [0.15, 0.2) is 5.78 Å². The predicted molar refractivity (Wildman–Crippen MR) is 147 cm³/mol. The number of benzene rings is 2.